The van der Waals surface area contributed by atoms with Crippen LogP contribution in [0.5, 0.6) is 5.75 Å². The minimum absolute atomic E-state index is 0.250. The first-order chi connectivity index (χ1) is 16.6. The van der Waals surface area contributed by atoms with E-state index in [4.69, 9.17) is 14.6 Å². The average Bonchev–Trinajstić information content (AvgIpc) is 3.49. The summed E-state index contributed by atoms with van der Waals surface area (Å²) >= 11 is 0. The molecule has 4 heteroatoms. The largest absolute Gasteiger partial charge is 0.490 e. The third-order valence-corrected chi connectivity index (χ3v) is 8.36. The minimum Gasteiger partial charge on any atom is -0.490 e. The van der Waals surface area contributed by atoms with Gasteiger partial charge in [0.25, 0.3) is 6.47 Å². The van der Waals surface area contributed by atoms with Crippen LogP contribution in [-0.2, 0) is 11.3 Å². The second-order valence-electron chi connectivity index (χ2n) is 10.9. The molecule has 34 heavy (non-hydrogen) atoms. The normalized spacial score (nSPS) is 23.9. The number of benzene rings is 2. The van der Waals surface area contributed by atoms with Gasteiger partial charge < -0.3 is 15.2 Å². The van der Waals surface area contributed by atoms with Gasteiger partial charge in [0.2, 0.25) is 0 Å². The summed E-state index contributed by atoms with van der Waals surface area (Å²) in [7, 11) is 0. The molecule has 184 valence electrons. The van der Waals surface area contributed by atoms with E-state index in [0.717, 1.165) is 18.2 Å². The van der Waals surface area contributed by atoms with Crippen molar-refractivity contribution in [1.82, 2.24) is 5.32 Å². The Morgan fingerprint density at radius 2 is 1.68 bits per heavy atom. The van der Waals surface area contributed by atoms with Gasteiger partial charge in [-0.05, 0) is 104 Å². The van der Waals surface area contributed by atoms with Crippen molar-refractivity contribution in [1.29, 1.82) is 0 Å². The van der Waals surface area contributed by atoms with Crippen LogP contribution < -0.4 is 10.1 Å². The zero-order valence-electron chi connectivity index (χ0n) is 20.7. The molecule has 3 aliphatic rings. The summed E-state index contributed by atoms with van der Waals surface area (Å²) in [6.07, 6.45) is 15.4. The van der Waals surface area contributed by atoms with Gasteiger partial charge in [-0.2, -0.15) is 0 Å². The number of rotatable bonds is 6. The zero-order valence-corrected chi connectivity index (χ0v) is 20.7. The average molecular weight is 464 g/mol. The number of ether oxygens (including phenoxy) is 1. The van der Waals surface area contributed by atoms with Gasteiger partial charge in [0.1, 0.15) is 5.75 Å². The van der Waals surface area contributed by atoms with Crippen LogP contribution in [0.4, 0.5) is 0 Å². The lowest BCUT2D eigenvalue weighted by Crippen LogP contribution is -2.30. The van der Waals surface area contributed by atoms with E-state index in [9.17, 15) is 0 Å². The fourth-order valence-electron chi connectivity index (χ4n) is 6.38. The SMILES string of the molecule is CC1CCC(NCc2cccc(-c3ccc(OC4CCC5(CCCC5)CC4)cc3)c2)C1.O=CO. The lowest BCUT2D eigenvalue weighted by atomic mass is 9.72. The molecule has 2 atom stereocenters. The molecular formula is C30H41NO3. The summed E-state index contributed by atoms with van der Waals surface area (Å²) in [6.45, 7) is 3.09. The summed E-state index contributed by atoms with van der Waals surface area (Å²) in [5, 5.41) is 10.6. The van der Waals surface area contributed by atoms with Crippen molar-refractivity contribution in [3.05, 3.63) is 54.1 Å². The van der Waals surface area contributed by atoms with Gasteiger partial charge in [-0.15, -0.1) is 0 Å². The predicted octanol–water partition coefficient (Wildman–Crippen LogP) is 7.21. The maximum atomic E-state index is 8.36. The molecule has 0 amide bonds. The molecule has 3 fully saturated rings. The Morgan fingerprint density at radius 3 is 2.32 bits per heavy atom. The minimum atomic E-state index is -0.250. The van der Waals surface area contributed by atoms with Gasteiger partial charge in [-0.1, -0.05) is 50.1 Å². The fraction of sp³-hybridized carbons (Fsp3) is 0.567. The Kier molecular flexibility index (Phi) is 8.66. The van der Waals surface area contributed by atoms with Crippen molar-refractivity contribution >= 4 is 6.47 Å². The Hall–Kier alpha value is -2.33. The molecule has 2 aromatic rings. The van der Waals surface area contributed by atoms with Crippen molar-refractivity contribution in [3.8, 4) is 16.9 Å². The van der Waals surface area contributed by atoms with Crippen molar-refractivity contribution in [2.45, 2.75) is 96.2 Å². The van der Waals surface area contributed by atoms with E-state index < -0.39 is 0 Å². The third kappa shape index (κ3) is 6.63. The molecule has 4 nitrogen and oxygen atoms in total. The molecule has 1 spiro atoms. The first-order valence-corrected chi connectivity index (χ1v) is 13.3. The number of carbonyl (C=O) groups is 1. The highest BCUT2D eigenvalue weighted by molar-refractivity contribution is 5.64. The van der Waals surface area contributed by atoms with Gasteiger partial charge in [-0.25, -0.2) is 0 Å². The van der Waals surface area contributed by atoms with Crippen molar-refractivity contribution in [2.24, 2.45) is 11.3 Å². The van der Waals surface area contributed by atoms with Gasteiger partial charge >= 0.3 is 0 Å². The van der Waals surface area contributed by atoms with Gasteiger partial charge in [-0.3, -0.25) is 4.79 Å². The molecule has 2 unspecified atom stereocenters. The highest BCUT2D eigenvalue weighted by Crippen LogP contribution is 2.49. The van der Waals surface area contributed by atoms with Gasteiger partial charge in [0, 0.05) is 12.6 Å². The van der Waals surface area contributed by atoms with E-state index in [1.165, 1.54) is 87.3 Å². The molecule has 0 aromatic heterocycles. The van der Waals surface area contributed by atoms with E-state index >= 15 is 0 Å². The number of carboxylic acid groups (broad SMARTS) is 1. The van der Waals surface area contributed by atoms with Crippen LogP contribution in [0.15, 0.2) is 48.5 Å². The fourth-order valence-corrected chi connectivity index (χ4v) is 6.38. The standard InChI is InChI=1S/C29H39NO.CH2O2/c1-22-7-10-26(19-22)30-21-23-5-4-6-25(20-23)24-8-11-27(12-9-24)31-28-13-17-29(18-14-28)15-2-3-16-29;2-1-3/h4-6,8-9,11-12,20,22,26,28,30H,2-3,7,10,13-19,21H2,1H3;1H,(H,2,3). The molecule has 0 heterocycles. The van der Waals surface area contributed by atoms with Crippen molar-refractivity contribution in [2.75, 3.05) is 0 Å². The van der Waals surface area contributed by atoms with Crippen molar-refractivity contribution < 1.29 is 14.6 Å². The molecule has 2 N–H and O–H groups in total. The maximum absolute atomic E-state index is 8.36. The second-order valence-corrected chi connectivity index (χ2v) is 10.9. The molecular weight excluding hydrogens is 422 g/mol. The summed E-state index contributed by atoms with van der Waals surface area (Å²) in [5.74, 6) is 1.91. The third-order valence-electron chi connectivity index (χ3n) is 8.36. The quantitative estimate of drug-likeness (QED) is 0.444. The Balaban J connectivity index is 0.000000868. The Bertz CT molecular complexity index is 894. The lowest BCUT2D eigenvalue weighted by Gasteiger charge is -2.37. The molecule has 0 aliphatic heterocycles. The zero-order chi connectivity index (χ0) is 23.8. The van der Waals surface area contributed by atoms with Crippen LogP contribution in [0, 0.1) is 11.3 Å². The monoisotopic (exact) mass is 463 g/mol. The van der Waals surface area contributed by atoms with E-state index in [0.29, 0.717) is 17.6 Å². The molecule has 3 saturated carbocycles. The van der Waals surface area contributed by atoms with E-state index in [1.807, 2.05) is 0 Å². The lowest BCUT2D eigenvalue weighted by molar-refractivity contribution is -0.122. The Morgan fingerprint density at radius 1 is 0.971 bits per heavy atom. The highest BCUT2D eigenvalue weighted by Gasteiger charge is 2.38. The Labute approximate surface area is 205 Å². The molecule has 3 aliphatic carbocycles. The summed E-state index contributed by atoms with van der Waals surface area (Å²) in [5.41, 5.74) is 4.63. The van der Waals surface area contributed by atoms with Crippen LogP contribution in [0.2, 0.25) is 0 Å². The molecule has 0 bridgehead atoms. The van der Waals surface area contributed by atoms with Crippen LogP contribution in [0.25, 0.3) is 11.1 Å². The van der Waals surface area contributed by atoms with Gasteiger partial charge in [0.15, 0.2) is 0 Å². The summed E-state index contributed by atoms with van der Waals surface area (Å²) < 4.78 is 6.37. The highest BCUT2D eigenvalue weighted by atomic mass is 16.5. The number of hydrogen-bond acceptors (Lipinski definition) is 3. The smallest absolute Gasteiger partial charge is 0.290 e. The number of nitrogens with one attached hydrogen (secondary N) is 1. The second kappa shape index (κ2) is 11.9. The van der Waals surface area contributed by atoms with Crippen LogP contribution >= 0.6 is 0 Å². The van der Waals surface area contributed by atoms with Crippen LogP contribution in [0.3, 0.4) is 0 Å². The summed E-state index contributed by atoms with van der Waals surface area (Å²) in [6, 6.07) is 18.5. The van der Waals surface area contributed by atoms with E-state index in [2.05, 4.69) is 60.8 Å². The first kappa shape index (κ1) is 24.8. The van der Waals surface area contributed by atoms with Gasteiger partial charge in [0.05, 0.1) is 6.10 Å². The van der Waals surface area contributed by atoms with Crippen LogP contribution in [-0.4, -0.2) is 23.7 Å². The van der Waals surface area contributed by atoms with E-state index in [-0.39, 0.29) is 6.47 Å². The van der Waals surface area contributed by atoms with Crippen LogP contribution in [0.1, 0.15) is 83.1 Å². The first-order valence-electron chi connectivity index (χ1n) is 13.3. The van der Waals surface area contributed by atoms with E-state index in [1.54, 1.807) is 0 Å². The summed E-state index contributed by atoms with van der Waals surface area (Å²) in [4.78, 5) is 8.36. The molecule has 0 saturated heterocycles. The predicted molar refractivity (Wildman–Crippen MR) is 138 cm³/mol. The number of hydrogen-bond donors (Lipinski definition) is 2. The topological polar surface area (TPSA) is 58.6 Å². The molecule has 5 rings (SSSR count). The maximum Gasteiger partial charge on any atom is 0.290 e. The molecule has 0 radical (unpaired) electrons. The van der Waals surface area contributed by atoms with Crippen molar-refractivity contribution in [3.63, 3.8) is 0 Å². The molecule has 2 aromatic carbocycles.